The largest absolute Gasteiger partial charge is 0.388 e. The molecule has 4 heteroatoms. The van der Waals surface area contributed by atoms with Gasteiger partial charge in [-0.05, 0) is 21.0 Å². The second kappa shape index (κ2) is 7.23. The normalized spacial score (nSPS) is 16.4. The summed E-state index contributed by atoms with van der Waals surface area (Å²) in [7, 11) is 3.89. The molecule has 0 aromatic carbocycles. The van der Waals surface area contributed by atoms with Gasteiger partial charge in [0.2, 0.25) is 0 Å². The Morgan fingerprint density at radius 2 is 2.07 bits per heavy atom. The first-order chi connectivity index (χ1) is 6.48. The molecule has 1 atom stereocenters. The Hall–Kier alpha value is -0.0900. The fourth-order valence-electron chi connectivity index (χ4n) is 1.31. The quantitative estimate of drug-likeness (QED) is 0.377. The molecule has 0 radical (unpaired) electrons. The summed E-state index contributed by atoms with van der Waals surface area (Å²) in [4.78, 5) is 1.97. The molecular weight excluding hydrogens is 200 g/mol. The molecule has 84 valence electrons. The molecule has 0 aliphatic rings. The van der Waals surface area contributed by atoms with Gasteiger partial charge in [0, 0.05) is 25.5 Å². The van der Waals surface area contributed by atoms with Gasteiger partial charge in [0.15, 0.2) is 0 Å². The Labute approximate surface area is 91.7 Å². The fraction of sp³-hybridized carbons (Fsp3) is 0.800. The topological polar surface area (TPSA) is 35.5 Å². The molecule has 0 saturated carbocycles. The molecule has 0 heterocycles. The number of hydrogen-bond acceptors (Lipinski definition) is 3. The van der Waals surface area contributed by atoms with Crippen molar-refractivity contribution in [2.24, 2.45) is 0 Å². The van der Waals surface area contributed by atoms with Crippen LogP contribution in [0.15, 0.2) is 12.2 Å². The van der Waals surface area contributed by atoms with E-state index in [4.69, 9.17) is 11.6 Å². The second-order valence-corrected chi connectivity index (χ2v) is 4.30. The van der Waals surface area contributed by atoms with Crippen molar-refractivity contribution in [3.05, 3.63) is 12.2 Å². The van der Waals surface area contributed by atoms with Crippen LogP contribution >= 0.6 is 11.6 Å². The van der Waals surface area contributed by atoms with E-state index in [0.29, 0.717) is 19.0 Å². The third kappa shape index (κ3) is 8.51. The van der Waals surface area contributed by atoms with Gasteiger partial charge in [0.05, 0.1) is 5.60 Å². The molecule has 0 aliphatic heterocycles. The summed E-state index contributed by atoms with van der Waals surface area (Å²) < 4.78 is 0. The van der Waals surface area contributed by atoms with Crippen LogP contribution in [0.1, 0.15) is 6.92 Å². The molecule has 0 fully saturated rings. The first kappa shape index (κ1) is 13.9. The molecule has 0 spiro atoms. The number of alkyl halides is 1. The van der Waals surface area contributed by atoms with Crippen LogP contribution in [0.25, 0.3) is 0 Å². The number of likely N-dealkylation sites (N-methyl/N-ethyl adjacent to an activating group) is 1. The molecule has 0 aromatic rings. The molecule has 14 heavy (non-hydrogen) atoms. The van der Waals surface area contributed by atoms with E-state index < -0.39 is 5.60 Å². The predicted molar refractivity (Wildman–Crippen MR) is 61.9 cm³/mol. The Balaban J connectivity index is 3.60. The molecule has 2 N–H and O–H groups in total. The zero-order chi connectivity index (χ0) is 11.0. The summed E-state index contributed by atoms with van der Waals surface area (Å²) >= 11 is 5.47. The van der Waals surface area contributed by atoms with E-state index in [1.807, 2.05) is 38.1 Å². The van der Waals surface area contributed by atoms with Gasteiger partial charge in [-0.2, -0.15) is 0 Å². The van der Waals surface area contributed by atoms with E-state index in [1.54, 1.807) is 0 Å². The fourth-order valence-corrected chi connectivity index (χ4v) is 1.43. The average Bonchev–Trinajstić information content (AvgIpc) is 2.01. The third-order valence-electron chi connectivity index (χ3n) is 1.68. The lowest BCUT2D eigenvalue weighted by Crippen LogP contribution is -2.45. The SMILES string of the molecule is CN(C)CC(C)(O)CNC/C=C/CCl. The number of rotatable bonds is 7. The Morgan fingerprint density at radius 3 is 2.57 bits per heavy atom. The van der Waals surface area contributed by atoms with Gasteiger partial charge in [0.1, 0.15) is 0 Å². The summed E-state index contributed by atoms with van der Waals surface area (Å²) in [6, 6.07) is 0. The third-order valence-corrected chi connectivity index (χ3v) is 1.86. The maximum Gasteiger partial charge on any atom is 0.0869 e. The van der Waals surface area contributed by atoms with Crippen LogP contribution in [0.4, 0.5) is 0 Å². The van der Waals surface area contributed by atoms with E-state index in [2.05, 4.69) is 5.32 Å². The van der Waals surface area contributed by atoms with E-state index >= 15 is 0 Å². The van der Waals surface area contributed by atoms with Gasteiger partial charge < -0.3 is 15.3 Å². The first-order valence-electron chi connectivity index (χ1n) is 4.77. The van der Waals surface area contributed by atoms with Gasteiger partial charge in [-0.25, -0.2) is 0 Å². The number of hydrogen-bond donors (Lipinski definition) is 2. The highest BCUT2D eigenvalue weighted by atomic mass is 35.5. The number of halogens is 1. The summed E-state index contributed by atoms with van der Waals surface area (Å²) in [6.45, 7) is 3.80. The molecule has 0 saturated heterocycles. The Bertz CT molecular complexity index is 170. The van der Waals surface area contributed by atoms with Crippen LogP contribution in [0.3, 0.4) is 0 Å². The summed E-state index contributed by atoms with van der Waals surface area (Å²) in [5.74, 6) is 0.537. The van der Waals surface area contributed by atoms with Crippen LogP contribution in [0, 0.1) is 0 Å². The van der Waals surface area contributed by atoms with Crippen molar-refractivity contribution < 1.29 is 5.11 Å². The van der Waals surface area contributed by atoms with Gasteiger partial charge in [0.25, 0.3) is 0 Å². The van der Waals surface area contributed by atoms with Gasteiger partial charge >= 0.3 is 0 Å². The minimum atomic E-state index is -0.682. The zero-order valence-electron chi connectivity index (χ0n) is 9.26. The number of nitrogens with one attached hydrogen (secondary N) is 1. The predicted octanol–water partition coefficient (Wildman–Crippen LogP) is 0.684. The lowest BCUT2D eigenvalue weighted by Gasteiger charge is -2.26. The van der Waals surface area contributed by atoms with E-state index in [1.165, 1.54) is 0 Å². The maximum atomic E-state index is 9.89. The molecule has 1 unspecified atom stereocenters. The number of allylic oxidation sites excluding steroid dienone is 1. The van der Waals surface area contributed by atoms with Crippen LogP contribution in [0.5, 0.6) is 0 Å². The number of nitrogens with zero attached hydrogens (tertiary/aromatic N) is 1. The first-order valence-corrected chi connectivity index (χ1v) is 5.30. The van der Waals surface area contributed by atoms with E-state index in [-0.39, 0.29) is 0 Å². The van der Waals surface area contributed by atoms with Crippen LogP contribution in [0.2, 0.25) is 0 Å². The van der Waals surface area contributed by atoms with Crippen molar-refractivity contribution in [2.75, 3.05) is 39.6 Å². The van der Waals surface area contributed by atoms with Crippen molar-refractivity contribution in [1.82, 2.24) is 10.2 Å². The van der Waals surface area contributed by atoms with Crippen molar-refractivity contribution in [3.63, 3.8) is 0 Å². The Kier molecular flexibility index (Phi) is 7.19. The van der Waals surface area contributed by atoms with Crippen LogP contribution in [-0.4, -0.2) is 55.2 Å². The molecule has 0 bridgehead atoms. The van der Waals surface area contributed by atoms with E-state index in [9.17, 15) is 5.11 Å². The molecule has 0 amide bonds. The molecule has 0 aromatic heterocycles. The van der Waals surface area contributed by atoms with Crippen molar-refractivity contribution in [3.8, 4) is 0 Å². The highest BCUT2D eigenvalue weighted by molar-refractivity contribution is 6.18. The molecule has 0 aliphatic carbocycles. The monoisotopic (exact) mass is 220 g/mol. The molecule has 0 rings (SSSR count). The van der Waals surface area contributed by atoms with Crippen molar-refractivity contribution in [2.45, 2.75) is 12.5 Å². The lowest BCUT2D eigenvalue weighted by molar-refractivity contribution is 0.0347. The summed E-state index contributed by atoms with van der Waals surface area (Å²) in [5, 5.41) is 13.0. The number of aliphatic hydroxyl groups is 1. The average molecular weight is 221 g/mol. The van der Waals surface area contributed by atoms with Crippen molar-refractivity contribution >= 4 is 11.6 Å². The Morgan fingerprint density at radius 1 is 1.43 bits per heavy atom. The summed E-state index contributed by atoms with van der Waals surface area (Å²) in [6.07, 6.45) is 3.84. The smallest absolute Gasteiger partial charge is 0.0869 e. The standard InChI is InChI=1S/C10H21ClN2O/c1-10(14,9-13(2)3)8-12-7-5-4-6-11/h4-5,12,14H,6-9H2,1-3H3/b5-4+. The summed E-state index contributed by atoms with van der Waals surface area (Å²) in [5.41, 5.74) is -0.682. The van der Waals surface area contributed by atoms with Gasteiger partial charge in [-0.15, -0.1) is 11.6 Å². The molecular formula is C10H21ClN2O. The minimum absolute atomic E-state index is 0.537. The lowest BCUT2D eigenvalue weighted by atomic mass is 10.1. The van der Waals surface area contributed by atoms with Crippen LogP contribution in [-0.2, 0) is 0 Å². The highest BCUT2D eigenvalue weighted by Crippen LogP contribution is 2.01. The van der Waals surface area contributed by atoms with Crippen LogP contribution < -0.4 is 5.32 Å². The van der Waals surface area contributed by atoms with E-state index in [0.717, 1.165) is 6.54 Å². The van der Waals surface area contributed by atoms with Gasteiger partial charge in [-0.1, -0.05) is 12.2 Å². The maximum absolute atomic E-state index is 9.89. The minimum Gasteiger partial charge on any atom is -0.388 e. The highest BCUT2D eigenvalue weighted by Gasteiger charge is 2.19. The van der Waals surface area contributed by atoms with Gasteiger partial charge in [-0.3, -0.25) is 0 Å². The van der Waals surface area contributed by atoms with Crippen molar-refractivity contribution in [1.29, 1.82) is 0 Å². The zero-order valence-corrected chi connectivity index (χ0v) is 10.0. The molecule has 3 nitrogen and oxygen atoms in total. The second-order valence-electron chi connectivity index (χ2n) is 3.99.